The normalized spacial score (nSPS) is 15.5. The van der Waals surface area contributed by atoms with Crippen LogP contribution in [0.1, 0.15) is 22.6 Å². The SMILES string of the molecule is FC(F)(F)c1ncc2c(n1)CCN(Cc1c(Br)cncc1Br)C2. The molecule has 3 rings (SSSR count). The molecular formula is C14H11Br2F3N4. The van der Waals surface area contributed by atoms with Crippen LogP contribution in [0.4, 0.5) is 13.2 Å². The molecule has 1 aliphatic rings. The number of pyridine rings is 1. The quantitative estimate of drug-likeness (QED) is 0.692. The fourth-order valence-corrected chi connectivity index (χ4v) is 3.64. The minimum absolute atomic E-state index is 0.473. The third-order valence-electron chi connectivity index (χ3n) is 3.60. The largest absolute Gasteiger partial charge is 0.451 e. The number of fused-ring (bicyclic) bond motifs is 1. The Morgan fingerprint density at radius 2 is 1.83 bits per heavy atom. The molecule has 122 valence electrons. The van der Waals surface area contributed by atoms with E-state index in [1.807, 2.05) is 0 Å². The van der Waals surface area contributed by atoms with E-state index < -0.39 is 12.0 Å². The van der Waals surface area contributed by atoms with Crippen LogP contribution in [0.5, 0.6) is 0 Å². The zero-order chi connectivity index (χ0) is 16.6. The first-order valence-electron chi connectivity index (χ1n) is 6.77. The van der Waals surface area contributed by atoms with E-state index in [-0.39, 0.29) is 0 Å². The van der Waals surface area contributed by atoms with Crippen LogP contribution in [0.3, 0.4) is 0 Å². The average molecular weight is 452 g/mol. The Kier molecular flexibility index (Phi) is 4.70. The van der Waals surface area contributed by atoms with Crippen LogP contribution in [0, 0.1) is 0 Å². The van der Waals surface area contributed by atoms with Crippen molar-refractivity contribution in [2.75, 3.05) is 6.54 Å². The van der Waals surface area contributed by atoms with Crippen LogP contribution >= 0.6 is 31.9 Å². The van der Waals surface area contributed by atoms with Crippen LogP contribution < -0.4 is 0 Å². The molecule has 0 atom stereocenters. The minimum Gasteiger partial charge on any atom is -0.294 e. The third-order valence-corrected chi connectivity index (χ3v) is 4.97. The maximum absolute atomic E-state index is 12.7. The van der Waals surface area contributed by atoms with Gasteiger partial charge < -0.3 is 0 Å². The Balaban J connectivity index is 1.79. The van der Waals surface area contributed by atoms with Gasteiger partial charge in [0.25, 0.3) is 0 Å². The number of alkyl halides is 3. The predicted octanol–water partition coefficient (Wildman–Crippen LogP) is 3.97. The van der Waals surface area contributed by atoms with E-state index in [4.69, 9.17) is 0 Å². The lowest BCUT2D eigenvalue weighted by atomic mass is 10.1. The van der Waals surface area contributed by atoms with Crippen LogP contribution in [0.15, 0.2) is 27.5 Å². The Labute approximate surface area is 147 Å². The zero-order valence-corrected chi connectivity index (χ0v) is 14.9. The number of rotatable bonds is 2. The molecule has 1 aliphatic heterocycles. The number of nitrogens with zero attached hydrogens (tertiary/aromatic N) is 4. The molecule has 2 aromatic rings. The molecule has 0 unspecified atom stereocenters. The van der Waals surface area contributed by atoms with Gasteiger partial charge in [-0.05, 0) is 37.4 Å². The lowest BCUT2D eigenvalue weighted by Crippen LogP contribution is -2.31. The smallest absolute Gasteiger partial charge is 0.294 e. The summed E-state index contributed by atoms with van der Waals surface area (Å²) in [7, 11) is 0. The van der Waals surface area contributed by atoms with Gasteiger partial charge in [-0.25, -0.2) is 9.97 Å². The van der Waals surface area contributed by atoms with E-state index >= 15 is 0 Å². The summed E-state index contributed by atoms with van der Waals surface area (Å²) in [6.45, 7) is 1.82. The fourth-order valence-electron chi connectivity index (χ4n) is 2.46. The van der Waals surface area contributed by atoms with Gasteiger partial charge in [0, 0.05) is 59.2 Å². The van der Waals surface area contributed by atoms with Crippen LogP contribution in [-0.2, 0) is 25.7 Å². The van der Waals surface area contributed by atoms with Crippen molar-refractivity contribution in [2.45, 2.75) is 25.7 Å². The molecule has 0 aromatic carbocycles. The molecule has 0 fully saturated rings. The second-order valence-electron chi connectivity index (χ2n) is 5.21. The van der Waals surface area contributed by atoms with Gasteiger partial charge in [0.2, 0.25) is 5.82 Å². The van der Waals surface area contributed by atoms with Gasteiger partial charge in [-0.2, -0.15) is 13.2 Å². The summed E-state index contributed by atoms with van der Waals surface area (Å²) >= 11 is 6.94. The molecule has 4 nitrogen and oxygen atoms in total. The number of hydrogen-bond acceptors (Lipinski definition) is 4. The summed E-state index contributed by atoms with van der Waals surface area (Å²) in [5.41, 5.74) is 2.28. The van der Waals surface area contributed by atoms with Crippen molar-refractivity contribution in [1.29, 1.82) is 0 Å². The number of hydrogen-bond donors (Lipinski definition) is 0. The summed E-state index contributed by atoms with van der Waals surface area (Å²) < 4.78 is 39.8. The van der Waals surface area contributed by atoms with E-state index in [9.17, 15) is 13.2 Å². The van der Waals surface area contributed by atoms with Crippen molar-refractivity contribution in [2.24, 2.45) is 0 Å². The molecule has 0 bridgehead atoms. The number of halogens is 5. The van der Waals surface area contributed by atoms with Crippen molar-refractivity contribution < 1.29 is 13.2 Å². The van der Waals surface area contributed by atoms with Crippen LogP contribution in [0.25, 0.3) is 0 Å². The predicted molar refractivity (Wildman–Crippen MR) is 84.5 cm³/mol. The van der Waals surface area contributed by atoms with Gasteiger partial charge in [-0.15, -0.1) is 0 Å². The maximum atomic E-state index is 12.7. The average Bonchev–Trinajstić information content (AvgIpc) is 2.49. The first kappa shape index (κ1) is 16.8. The lowest BCUT2D eigenvalue weighted by molar-refractivity contribution is -0.145. The summed E-state index contributed by atoms with van der Waals surface area (Å²) in [5, 5.41) is 0. The monoisotopic (exact) mass is 450 g/mol. The van der Waals surface area contributed by atoms with Crippen molar-refractivity contribution >= 4 is 31.9 Å². The Bertz CT molecular complexity index is 716. The standard InChI is InChI=1S/C14H11Br2F3N4/c15-10-4-20-5-11(16)9(10)7-23-2-1-12-8(6-23)3-21-13(22-12)14(17,18)19/h3-5H,1-2,6-7H2. The summed E-state index contributed by atoms with van der Waals surface area (Å²) in [5.74, 6) is -1.07. The second kappa shape index (κ2) is 6.45. The highest BCUT2D eigenvalue weighted by atomic mass is 79.9. The van der Waals surface area contributed by atoms with Gasteiger partial charge in [0.05, 0.1) is 5.69 Å². The van der Waals surface area contributed by atoms with E-state index in [1.165, 1.54) is 6.20 Å². The lowest BCUT2D eigenvalue weighted by Gasteiger charge is -2.28. The molecule has 0 spiro atoms. The highest BCUT2D eigenvalue weighted by Crippen LogP contribution is 2.29. The molecule has 0 N–H and O–H groups in total. The Hall–Kier alpha value is -1.06. The van der Waals surface area contributed by atoms with Gasteiger partial charge in [0.1, 0.15) is 0 Å². The Morgan fingerprint density at radius 1 is 1.13 bits per heavy atom. The van der Waals surface area contributed by atoms with Gasteiger partial charge in [-0.3, -0.25) is 9.88 Å². The van der Waals surface area contributed by atoms with Gasteiger partial charge in [0.15, 0.2) is 0 Å². The molecule has 23 heavy (non-hydrogen) atoms. The van der Waals surface area contributed by atoms with Crippen LogP contribution in [0.2, 0.25) is 0 Å². The topological polar surface area (TPSA) is 41.9 Å². The molecule has 3 heterocycles. The molecule has 0 aliphatic carbocycles. The molecule has 0 saturated heterocycles. The van der Waals surface area contributed by atoms with Crippen molar-refractivity contribution in [3.63, 3.8) is 0 Å². The summed E-state index contributed by atoms with van der Waals surface area (Å²) in [4.78, 5) is 13.3. The molecule has 0 radical (unpaired) electrons. The number of aromatic nitrogens is 3. The maximum Gasteiger partial charge on any atom is 0.451 e. The molecular weight excluding hydrogens is 441 g/mol. The highest BCUT2D eigenvalue weighted by Gasteiger charge is 2.35. The Morgan fingerprint density at radius 3 is 2.48 bits per heavy atom. The zero-order valence-electron chi connectivity index (χ0n) is 11.7. The fraction of sp³-hybridized carbons (Fsp3) is 0.357. The van der Waals surface area contributed by atoms with E-state index in [0.29, 0.717) is 31.7 Å². The molecule has 0 saturated carbocycles. The van der Waals surface area contributed by atoms with E-state index in [2.05, 4.69) is 51.7 Å². The van der Waals surface area contributed by atoms with Crippen LogP contribution in [-0.4, -0.2) is 26.4 Å². The van der Waals surface area contributed by atoms with Crippen molar-refractivity contribution in [3.05, 3.63) is 50.2 Å². The molecule has 9 heteroatoms. The van der Waals surface area contributed by atoms with Gasteiger partial charge in [-0.1, -0.05) is 0 Å². The second-order valence-corrected chi connectivity index (χ2v) is 6.91. The molecule has 2 aromatic heterocycles. The third kappa shape index (κ3) is 3.72. The van der Waals surface area contributed by atoms with Crippen molar-refractivity contribution in [1.82, 2.24) is 19.9 Å². The van der Waals surface area contributed by atoms with E-state index in [1.54, 1.807) is 12.4 Å². The van der Waals surface area contributed by atoms with Crippen molar-refractivity contribution in [3.8, 4) is 0 Å². The first-order chi connectivity index (χ1) is 10.8. The summed E-state index contributed by atoms with van der Waals surface area (Å²) in [6.07, 6.45) is 0.696. The highest BCUT2D eigenvalue weighted by molar-refractivity contribution is 9.11. The first-order valence-corrected chi connectivity index (χ1v) is 8.35. The minimum atomic E-state index is -4.50. The summed E-state index contributed by atoms with van der Waals surface area (Å²) in [6, 6.07) is 0. The van der Waals surface area contributed by atoms with Gasteiger partial charge >= 0.3 is 6.18 Å². The van der Waals surface area contributed by atoms with E-state index in [0.717, 1.165) is 20.1 Å². The molecule has 0 amide bonds.